The van der Waals surface area contributed by atoms with Crippen molar-refractivity contribution in [2.45, 2.75) is 25.3 Å². The molecule has 188 valence electrons. The van der Waals surface area contributed by atoms with E-state index in [9.17, 15) is 9.59 Å². The number of nitrogens with one attached hydrogen (secondary N) is 1. The minimum Gasteiger partial charge on any atom is -0.420 e. The predicted molar refractivity (Wildman–Crippen MR) is 136 cm³/mol. The predicted octanol–water partition coefficient (Wildman–Crippen LogP) is 3.23. The average molecular weight is 519 g/mol. The van der Waals surface area contributed by atoms with Crippen LogP contribution in [-0.2, 0) is 18.3 Å². The Hall–Kier alpha value is -4.25. The van der Waals surface area contributed by atoms with Crippen molar-refractivity contribution in [3.8, 4) is 22.6 Å². The van der Waals surface area contributed by atoms with Crippen LogP contribution in [0.1, 0.15) is 24.8 Å². The molecule has 1 fully saturated rings. The number of fused-ring (bicyclic) bond motifs is 1. The van der Waals surface area contributed by atoms with Gasteiger partial charge < -0.3 is 9.32 Å². The molecule has 5 aromatic rings. The number of hydrogen-bond acceptors (Lipinski definition) is 7. The van der Waals surface area contributed by atoms with Gasteiger partial charge in [-0.3, -0.25) is 19.0 Å². The molecule has 1 aromatic carbocycles. The maximum atomic E-state index is 13.0. The smallest absolute Gasteiger partial charge is 0.327 e. The zero-order valence-corrected chi connectivity index (χ0v) is 20.7. The molecule has 0 spiro atoms. The van der Waals surface area contributed by atoms with Crippen molar-refractivity contribution in [3.05, 3.63) is 70.3 Å². The lowest BCUT2D eigenvalue weighted by molar-refractivity contribution is -0.132. The normalized spacial score (nSPS) is 14.5. The number of benzene rings is 1. The number of nitrogens with zero attached hydrogens (tertiary/aromatic N) is 7. The quantitative estimate of drug-likeness (QED) is 0.378. The number of halogens is 1. The molecule has 4 aromatic heterocycles. The summed E-state index contributed by atoms with van der Waals surface area (Å²) in [4.78, 5) is 34.2. The average Bonchev–Trinajstić information content (AvgIpc) is 3.62. The standard InChI is InChI=1S/C25H23ClN8O3/c1-32-14-17(13-28-32)15-9-16(11-18(26)10-15)24-31-30-21(37-24)12-22(35)33-7-4-19(5-8-33)34-20-3-2-6-27-23(20)29-25(34)36/h2-3,6,9-11,13-14,19H,4-5,7-8,12H2,1H3,(H,27,29,36). The maximum Gasteiger partial charge on any atom is 0.327 e. The van der Waals surface area contributed by atoms with Gasteiger partial charge in [0.1, 0.15) is 6.42 Å². The van der Waals surface area contributed by atoms with Crippen LogP contribution in [0.25, 0.3) is 33.7 Å². The number of aromatic nitrogens is 7. The number of carbonyl (C=O) groups excluding carboxylic acids is 1. The molecule has 1 aliphatic heterocycles. The minimum atomic E-state index is -0.176. The minimum absolute atomic E-state index is 0.00125. The van der Waals surface area contributed by atoms with Gasteiger partial charge in [-0.15, -0.1) is 10.2 Å². The number of imidazole rings is 1. The summed E-state index contributed by atoms with van der Waals surface area (Å²) in [6.07, 6.45) is 6.64. The van der Waals surface area contributed by atoms with Crippen LogP contribution in [0.2, 0.25) is 5.02 Å². The molecule has 37 heavy (non-hydrogen) atoms. The van der Waals surface area contributed by atoms with Crippen LogP contribution in [0.3, 0.4) is 0 Å². The zero-order valence-electron chi connectivity index (χ0n) is 20.0. The molecular weight excluding hydrogens is 496 g/mol. The van der Waals surface area contributed by atoms with Crippen molar-refractivity contribution in [3.63, 3.8) is 0 Å². The first-order chi connectivity index (χ1) is 17.9. The van der Waals surface area contributed by atoms with Crippen molar-refractivity contribution < 1.29 is 9.21 Å². The largest absolute Gasteiger partial charge is 0.420 e. The van der Waals surface area contributed by atoms with Crippen LogP contribution in [0.15, 0.2) is 58.1 Å². The van der Waals surface area contributed by atoms with Crippen LogP contribution < -0.4 is 5.69 Å². The van der Waals surface area contributed by atoms with Crippen molar-refractivity contribution in [2.24, 2.45) is 7.05 Å². The van der Waals surface area contributed by atoms with E-state index in [1.54, 1.807) is 32.6 Å². The monoisotopic (exact) mass is 518 g/mol. The molecule has 11 nitrogen and oxygen atoms in total. The number of aromatic amines is 1. The molecule has 1 saturated heterocycles. The van der Waals surface area contributed by atoms with Crippen molar-refractivity contribution in [1.29, 1.82) is 0 Å². The second-order valence-electron chi connectivity index (χ2n) is 9.09. The molecule has 0 aliphatic carbocycles. The Bertz CT molecular complexity index is 1660. The van der Waals surface area contributed by atoms with Gasteiger partial charge in [-0.2, -0.15) is 5.10 Å². The molecule has 0 unspecified atom stereocenters. The molecule has 1 amide bonds. The number of piperidine rings is 1. The van der Waals surface area contributed by atoms with Gasteiger partial charge in [-0.05, 0) is 48.7 Å². The summed E-state index contributed by atoms with van der Waals surface area (Å²) < 4.78 is 9.28. The van der Waals surface area contributed by atoms with Crippen LogP contribution in [0.4, 0.5) is 0 Å². The van der Waals surface area contributed by atoms with E-state index in [1.165, 1.54) is 0 Å². The molecule has 1 N–H and O–H groups in total. The highest BCUT2D eigenvalue weighted by molar-refractivity contribution is 6.31. The van der Waals surface area contributed by atoms with Gasteiger partial charge in [0.25, 0.3) is 0 Å². The van der Waals surface area contributed by atoms with Gasteiger partial charge in [0.05, 0.1) is 11.7 Å². The third-order valence-electron chi connectivity index (χ3n) is 6.62. The molecule has 1 aliphatic rings. The Morgan fingerprint density at radius 3 is 2.76 bits per heavy atom. The zero-order chi connectivity index (χ0) is 25.5. The fourth-order valence-electron chi connectivity index (χ4n) is 4.83. The molecular formula is C25H23ClN8O3. The SMILES string of the molecule is Cn1cc(-c2cc(Cl)cc(-c3nnc(CC(=O)N4CCC(n5c(=O)[nH]c6ncccc65)CC4)o3)c2)cn1. The summed E-state index contributed by atoms with van der Waals surface area (Å²) in [6, 6.07) is 9.17. The van der Waals surface area contributed by atoms with E-state index < -0.39 is 0 Å². The Balaban J connectivity index is 1.12. The highest BCUT2D eigenvalue weighted by Gasteiger charge is 2.27. The third-order valence-corrected chi connectivity index (χ3v) is 6.84. The van der Waals surface area contributed by atoms with Crippen molar-refractivity contribution >= 4 is 28.7 Å². The topological polar surface area (TPSA) is 128 Å². The highest BCUT2D eigenvalue weighted by atomic mass is 35.5. The highest BCUT2D eigenvalue weighted by Crippen LogP contribution is 2.30. The summed E-state index contributed by atoms with van der Waals surface area (Å²) in [5.74, 6) is 0.439. The molecule has 0 radical (unpaired) electrons. The van der Waals surface area contributed by atoms with E-state index >= 15 is 0 Å². The molecule has 6 rings (SSSR count). The Morgan fingerprint density at radius 2 is 1.97 bits per heavy atom. The lowest BCUT2D eigenvalue weighted by Crippen LogP contribution is -2.41. The Kier molecular flexibility index (Phi) is 5.84. The lowest BCUT2D eigenvalue weighted by Gasteiger charge is -2.32. The van der Waals surface area contributed by atoms with Crippen molar-refractivity contribution in [2.75, 3.05) is 13.1 Å². The summed E-state index contributed by atoms with van der Waals surface area (Å²) in [5.41, 5.74) is 3.63. The van der Waals surface area contributed by atoms with E-state index in [-0.39, 0.29) is 30.0 Å². The second kappa shape index (κ2) is 9.32. The van der Waals surface area contributed by atoms with E-state index in [4.69, 9.17) is 16.0 Å². The van der Waals surface area contributed by atoms with Crippen LogP contribution in [-0.4, -0.2) is 58.4 Å². The number of carbonyl (C=O) groups is 1. The summed E-state index contributed by atoms with van der Waals surface area (Å²) in [7, 11) is 1.85. The number of aryl methyl sites for hydroxylation is 1. The first kappa shape index (κ1) is 23.2. The number of H-pyrrole nitrogens is 1. The Labute approximate surface area is 215 Å². The molecule has 0 atom stereocenters. The van der Waals surface area contributed by atoms with E-state index in [1.807, 2.05) is 37.5 Å². The number of hydrogen-bond donors (Lipinski definition) is 1. The van der Waals surface area contributed by atoms with Crippen LogP contribution >= 0.6 is 11.6 Å². The van der Waals surface area contributed by atoms with Gasteiger partial charge in [-0.1, -0.05) is 11.6 Å². The van der Waals surface area contributed by atoms with Gasteiger partial charge >= 0.3 is 5.69 Å². The molecule has 5 heterocycles. The summed E-state index contributed by atoms with van der Waals surface area (Å²) in [5, 5.41) is 13.0. The van der Waals surface area contributed by atoms with Crippen molar-refractivity contribution in [1.82, 2.24) is 39.4 Å². The summed E-state index contributed by atoms with van der Waals surface area (Å²) >= 11 is 6.34. The fraction of sp³-hybridized carbons (Fsp3) is 0.280. The summed E-state index contributed by atoms with van der Waals surface area (Å²) in [6.45, 7) is 1.07. The first-order valence-electron chi connectivity index (χ1n) is 11.9. The lowest BCUT2D eigenvalue weighted by atomic mass is 10.0. The van der Waals surface area contributed by atoms with Gasteiger partial charge in [0, 0.05) is 54.7 Å². The number of likely N-dealkylation sites (tertiary alicyclic amines) is 1. The number of pyridine rings is 1. The van der Waals surface area contributed by atoms with Gasteiger partial charge in [-0.25, -0.2) is 9.78 Å². The number of amides is 1. The fourth-order valence-corrected chi connectivity index (χ4v) is 5.06. The molecule has 0 saturated carbocycles. The van der Waals surface area contributed by atoms with Crippen LogP contribution in [0, 0.1) is 0 Å². The van der Waals surface area contributed by atoms with E-state index in [2.05, 4.69) is 25.3 Å². The van der Waals surface area contributed by atoms with E-state index in [0.29, 0.717) is 48.1 Å². The number of rotatable bonds is 5. The van der Waals surface area contributed by atoms with Crippen LogP contribution in [0.5, 0.6) is 0 Å². The Morgan fingerprint density at radius 1 is 1.16 bits per heavy atom. The molecule has 12 heteroatoms. The second-order valence-corrected chi connectivity index (χ2v) is 9.53. The van der Waals surface area contributed by atoms with E-state index in [0.717, 1.165) is 16.6 Å². The first-order valence-corrected chi connectivity index (χ1v) is 12.3. The van der Waals surface area contributed by atoms with Gasteiger partial charge in [0.15, 0.2) is 5.65 Å². The van der Waals surface area contributed by atoms with Gasteiger partial charge in [0.2, 0.25) is 17.7 Å². The third kappa shape index (κ3) is 4.53. The maximum absolute atomic E-state index is 13.0. The molecule has 0 bridgehead atoms.